The summed E-state index contributed by atoms with van der Waals surface area (Å²) in [6.45, 7) is 4.69. The minimum Gasteiger partial charge on any atom is -0.494 e. The summed E-state index contributed by atoms with van der Waals surface area (Å²) in [7, 11) is 0. The lowest BCUT2D eigenvalue weighted by atomic mass is 10.0. The van der Waals surface area contributed by atoms with E-state index in [9.17, 15) is 0 Å². The molecule has 34 heavy (non-hydrogen) atoms. The molecule has 7 heteroatoms. The van der Waals surface area contributed by atoms with Crippen LogP contribution in [0.25, 0.3) is 0 Å². The Balaban J connectivity index is 1.50. The fourth-order valence-corrected chi connectivity index (χ4v) is 5.19. The van der Waals surface area contributed by atoms with Gasteiger partial charge in [-0.25, -0.2) is 0 Å². The summed E-state index contributed by atoms with van der Waals surface area (Å²) in [5.74, 6) is 1.66. The van der Waals surface area contributed by atoms with Gasteiger partial charge in [0.05, 0.1) is 18.3 Å². The molecule has 1 saturated heterocycles. The maximum atomic E-state index is 6.39. The minimum absolute atomic E-state index is 0.149. The first-order valence-corrected chi connectivity index (χ1v) is 12.4. The zero-order valence-corrected chi connectivity index (χ0v) is 20.6. The molecule has 0 aliphatic carbocycles. The van der Waals surface area contributed by atoms with E-state index in [1.165, 1.54) is 5.56 Å². The van der Waals surface area contributed by atoms with Gasteiger partial charge in [0.25, 0.3) is 0 Å². The van der Waals surface area contributed by atoms with Gasteiger partial charge in [0, 0.05) is 16.8 Å². The Bertz CT molecular complexity index is 1260. The van der Waals surface area contributed by atoms with Crippen LogP contribution in [0, 0.1) is 6.92 Å². The number of anilines is 1. The van der Waals surface area contributed by atoms with Crippen molar-refractivity contribution in [2.45, 2.75) is 35.9 Å². The molecule has 172 valence electrons. The van der Waals surface area contributed by atoms with Gasteiger partial charge in [-0.2, -0.15) is 0 Å². The minimum atomic E-state index is -0.187. The Kier molecular flexibility index (Phi) is 6.56. The fourth-order valence-electron chi connectivity index (χ4n) is 4.06. The molecule has 2 aromatic heterocycles. The highest BCUT2D eigenvalue weighted by Crippen LogP contribution is 2.43. The third-order valence-corrected chi connectivity index (χ3v) is 6.90. The number of nitrogens with one attached hydrogen (secondary N) is 1. The van der Waals surface area contributed by atoms with Crippen molar-refractivity contribution < 1.29 is 9.15 Å². The molecule has 5 nitrogen and oxygen atoms in total. The molecule has 1 aliphatic heterocycles. The van der Waals surface area contributed by atoms with Gasteiger partial charge in [-0.3, -0.25) is 4.98 Å². The van der Waals surface area contributed by atoms with Crippen molar-refractivity contribution in [3.8, 4) is 5.75 Å². The van der Waals surface area contributed by atoms with Gasteiger partial charge in [0.15, 0.2) is 10.2 Å². The van der Waals surface area contributed by atoms with Crippen molar-refractivity contribution in [3.05, 3.63) is 102 Å². The number of rotatable bonds is 7. The Hall–Kier alpha value is -3.29. The molecule has 0 spiro atoms. The molecular formula is C27H25N3O2S2. The zero-order chi connectivity index (χ0) is 23.5. The van der Waals surface area contributed by atoms with E-state index in [0.29, 0.717) is 11.7 Å². The summed E-state index contributed by atoms with van der Waals surface area (Å²) in [4.78, 5) is 7.84. The topological polar surface area (TPSA) is 50.5 Å². The first kappa shape index (κ1) is 22.5. The number of hydrogen-bond acceptors (Lipinski definition) is 5. The van der Waals surface area contributed by atoms with Crippen molar-refractivity contribution in [2.24, 2.45) is 0 Å². The van der Waals surface area contributed by atoms with Crippen molar-refractivity contribution in [3.63, 3.8) is 0 Å². The van der Waals surface area contributed by atoms with Gasteiger partial charge in [0.1, 0.15) is 17.6 Å². The maximum absolute atomic E-state index is 6.39. The summed E-state index contributed by atoms with van der Waals surface area (Å²) in [5.41, 5.74) is 3.11. The summed E-state index contributed by atoms with van der Waals surface area (Å²) < 4.78 is 12.0. The average Bonchev–Trinajstić information content (AvgIpc) is 3.46. The van der Waals surface area contributed by atoms with Crippen molar-refractivity contribution in [2.75, 3.05) is 11.5 Å². The SMILES string of the molecule is CCOc1ccc(N2C(=S)N[C@H](c3ccccn3)[C@H]2c2ccc(Sc3ccc(C)cc3)o2)cc1. The van der Waals surface area contributed by atoms with Gasteiger partial charge in [0.2, 0.25) is 0 Å². The maximum Gasteiger partial charge on any atom is 0.174 e. The molecule has 1 aliphatic rings. The molecule has 1 fully saturated rings. The number of aryl methyl sites for hydroxylation is 1. The molecule has 2 aromatic carbocycles. The van der Waals surface area contributed by atoms with Crippen LogP contribution in [0.1, 0.15) is 36.0 Å². The van der Waals surface area contributed by atoms with Crippen molar-refractivity contribution in [1.29, 1.82) is 0 Å². The molecule has 0 amide bonds. The number of aromatic nitrogens is 1. The molecule has 0 bridgehead atoms. The first-order chi connectivity index (χ1) is 16.6. The second-order valence-corrected chi connectivity index (χ2v) is 9.46. The lowest BCUT2D eigenvalue weighted by Gasteiger charge is -2.26. The van der Waals surface area contributed by atoms with E-state index in [1.54, 1.807) is 18.0 Å². The summed E-state index contributed by atoms with van der Waals surface area (Å²) in [6, 6.07) is 26.1. The normalized spacial score (nSPS) is 17.6. The third-order valence-electron chi connectivity index (χ3n) is 5.66. The van der Waals surface area contributed by atoms with E-state index < -0.39 is 0 Å². The lowest BCUT2D eigenvalue weighted by molar-refractivity contribution is 0.340. The predicted molar refractivity (Wildman–Crippen MR) is 140 cm³/mol. The number of benzene rings is 2. The molecule has 4 aromatic rings. The molecule has 2 atom stereocenters. The highest BCUT2D eigenvalue weighted by molar-refractivity contribution is 7.99. The van der Waals surface area contributed by atoms with Crippen LogP contribution in [0.2, 0.25) is 0 Å². The van der Waals surface area contributed by atoms with Gasteiger partial charge in [-0.15, -0.1) is 0 Å². The first-order valence-electron chi connectivity index (χ1n) is 11.2. The van der Waals surface area contributed by atoms with Crippen LogP contribution >= 0.6 is 24.0 Å². The van der Waals surface area contributed by atoms with Crippen LogP contribution in [0.3, 0.4) is 0 Å². The van der Waals surface area contributed by atoms with E-state index in [1.807, 2.05) is 61.5 Å². The van der Waals surface area contributed by atoms with Crippen LogP contribution in [0.5, 0.6) is 5.75 Å². The smallest absolute Gasteiger partial charge is 0.174 e. The molecule has 3 heterocycles. The molecule has 0 saturated carbocycles. The van der Waals surface area contributed by atoms with Crippen LogP contribution in [-0.2, 0) is 0 Å². The molecule has 5 rings (SSSR count). The fraction of sp³-hybridized carbons (Fsp3) is 0.185. The van der Waals surface area contributed by atoms with E-state index in [2.05, 4.69) is 46.4 Å². The second kappa shape index (κ2) is 9.91. The molecule has 1 N–H and O–H groups in total. The number of hydrogen-bond donors (Lipinski definition) is 1. The Labute approximate surface area is 209 Å². The number of nitrogens with zero attached hydrogens (tertiary/aromatic N) is 2. The summed E-state index contributed by atoms with van der Waals surface area (Å²) >= 11 is 7.40. The van der Waals surface area contributed by atoms with Crippen LogP contribution < -0.4 is 15.0 Å². The highest BCUT2D eigenvalue weighted by Gasteiger charge is 2.42. The third kappa shape index (κ3) is 4.67. The summed E-state index contributed by atoms with van der Waals surface area (Å²) in [6.07, 6.45) is 1.80. The molecule has 0 unspecified atom stereocenters. The van der Waals surface area contributed by atoms with Crippen LogP contribution in [0.15, 0.2) is 99.5 Å². The quantitative estimate of drug-likeness (QED) is 0.291. The van der Waals surface area contributed by atoms with E-state index in [4.69, 9.17) is 21.4 Å². The van der Waals surface area contributed by atoms with E-state index >= 15 is 0 Å². The standard InChI is InChI=1S/C27H25N3O2S2/c1-3-31-20-11-9-19(10-12-20)30-26(25(29-27(30)33)22-6-4-5-17-28-22)23-15-16-24(32-23)34-21-13-7-18(2)8-14-21/h4-17,25-26H,3H2,1-2H3,(H,29,33)/t25-,26-/m1/s1. The van der Waals surface area contributed by atoms with E-state index in [-0.39, 0.29) is 12.1 Å². The number of thiocarbonyl (C=S) groups is 1. The second-order valence-electron chi connectivity index (χ2n) is 8.00. The number of pyridine rings is 1. The zero-order valence-electron chi connectivity index (χ0n) is 19.0. The van der Waals surface area contributed by atoms with Gasteiger partial charge in [-0.05, 0) is 86.7 Å². The van der Waals surface area contributed by atoms with Gasteiger partial charge < -0.3 is 19.4 Å². The van der Waals surface area contributed by atoms with Crippen molar-refractivity contribution >= 4 is 34.8 Å². The van der Waals surface area contributed by atoms with E-state index in [0.717, 1.165) is 32.9 Å². The van der Waals surface area contributed by atoms with Crippen LogP contribution in [0.4, 0.5) is 5.69 Å². The molecular weight excluding hydrogens is 462 g/mol. The Morgan fingerprint density at radius 3 is 2.53 bits per heavy atom. The number of furan rings is 1. The lowest BCUT2D eigenvalue weighted by Crippen LogP contribution is -2.29. The van der Waals surface area contributed by atoms with Gasteiger partial charge >= 0.3 is 0 Å². The Morgan fingerprint density at radius 2 is 1.82 bits per heavy atom. The van der Waals surface area contributed by atoms with Gasteiger partial charge in [-0.1, -0.05) is 35.5 Å². The Morgan fingerprint density at radius 1 is 1.03 bits per heavy atom. The van der Waals surface area contributed by atoms with Crippen LogP contribution in [-0.4, -0.2) is 16.7 Å². The summed E-state index contributed by atoms with van der Waals surface area (Å²) in [5, 5.41) is 4.94. The predicted octanol–water partition coefficient (Wildman–Crippen LogP) is 6.71. The average molecular weight is 488 g/mol. The molecule has 0 radical (unpaired) electrons. The highest BCUT2D eigenvalue weighted by atomic mass is 32.2. The van der Waals surface area contributed by atoms with Crippen molar-refractivity contribution in [1.82, 2.24) is 10.3 Å². The number of ether oxygens (including phenoxy) is 1. The largest absolute Gasteiger partial charge is 0.494 e. The monoisotopic (exact) mass is 487 g/mol.